The number of Topliss-reactive ketones (excluding diaryl/α,β-unsaturated/α-hetero) is 1. The van der Waals surface area contributed by atoms with Crippen LogP contribution in [0, 0.1) is 11.3 Å². The molecule has 1 aromatic carbocycles. The predicted octanol–water partition coefficient (Wildman–Crippen LogP) is 4.04. The Bertz CT molecular complexity index is 516. The number of hydrogen-bond donors (Lipinski definition) is 1. The van der Waals surface area contributed by atoms with Gasteiger partial charge in [-0.15, -0.1) is 0 Å². The molecule has 0 radical (unpaired) electrons. The summed E-state index contributed by atoms with van der Waals surface area (Å²) in [7, 11) is 0. The van der Waals surface area contributed by atoms with Gasteiger partial charge in [-0.25, -0.2) is 0 Å². The van der Waals surface area contributed by atoms with E-state index in [1.165, 1.54) is 12.1 Å². The smallest absolute Gasteiger partial charge is 0.329 e. The van der Waals surface area contributed by atoms with E-state index >= 15 is 0 Å². The molecular weight excluding hydrogens is 279 g/mol. The van der Waals surface area contributed by atoms with E-state index in [9.17, 15) is 18.0 Å². The molecule has 2 nitrogen and oxygen atoms in total. The minimum absolute atomic E-state index is 0.116. The molecule has 1 aliphatic rings. The molecule has 0 amide bonds. The first-order valence-electron chi connectivity index (χ1n) is 7.21. The molecule has 2 rings (SSSR count). The van der Waals surface area contributed by atoms with Crippen LogP contribution in [0.15, 0.2) is 24.3 Å². The van der Waals surface area contributed by atoms with E-state index in [1.54, 1.807) is 0 Å². The lowest BCUT2D eigenvalue weighted by Crippen LogP contribution is -2.41. The van der Waals surface area contributed by atoms with Gasteiger partial charge >= 0.3 is 6.18 Å². The maximum Gasteiger partial charge on any atom is 0.416 e. The third-order valence-corrected chi connectivity index (χ3v) is 4.56. The van der Waals surface area contributed by atoms with E-state index in [4.69, 9.17) is 5.73 Å². The minimum atomic E-state index is -4.44. The molecule has 21 heavy (non-hydrogen) atoms. The second kappa shape index (κ2) is 5.79. The Kier molecular flexibility index (Phi) is 4.42. The number of hydrogen-bond acceptors (Lipinski definition) is 2. The van der Waals surface area contributed by atoms with Gasteiger partial charge in [0.05, 0.1) is 5.56 Å². The summed E-state index contributed by atoms with van der Waals surface area (Å²) in [6, 6.07) is 4.66. The second-order valence-corrected chi connectivity index (χ2v) is 6.07. The quantitative estimate of drug-likeness (QED) is 0.856. The van der Waals surface area contributed by atoms with Gasteiger partial charge < -0.3 is 5.73 Å². The Morgan fingerprint density at radius 2 is 1.95 bits per heavy atom. The topological polar surface area (TPSA) is 43.1 Å². The standard InChI is InChI=1S/C16H20F3NO/c1-11-5-7-15(10-20,8-6-11)14(21)12-3-2-4-13(9-12)16(17,18)19/h2-4,9,11H,5-8,10,20H2,1H3. The fourth-order valence-corrected chi connectivity index (χ4v) is 2.98. The van der Waals surface area contributed by atoms with E-state index in [0.717, 1.165) is 25.0 Å². The van der Waals surface area contributed by atoms with Crippen LogP contribution in [-0.2, 0) is 6.18 Å². The van der Waals surface area contributed by atoms with Gasteiger partial charge in [0.15, 0.2) is 5.78 Å². The number of halogens is 3. The first-order valence-corrected chi connectivity index (χ1v) is 7.21. The van der Waals surface area contributed by atoms with Gasteiger partial charge in [-0.05, 0) is 43.7 Å². The molecule has 1 saturated carbocycles. The highest BCUT2D eigenvalue weighted by atomic mass is 19.4. The zero-order valence-electron chi connectivity index (χ0n) is 12.0. The van der Waals surface area contributed by atoms with Crippen molar-refractivity contribution in [3.8, 4) is 0 Å². The van der Waals surface area contributed by atoms with Gasteiger partial charge in [-0.3, -0.25) is 4.79 Å². The summed E-state index contributed by atoms with van der Waals surface area (Å²) in [6.45, 7) is 2.31. The molecule has 5 heteroatoms. The van der Waals surface area contributed by atoms with Crippen LogP contribution in [0.5, 0.6) is 0 Å². The van der Waals surface area contributed by atoms with E-state index in [2.05, 4.69) is 6.92 Å². The van der Waals surface area contributed by atoms with Gasteiger partial charge in [0, 0.05) is 17.5 Å². The zero-order valence-corrected chi connectivity index (χ0v) is 12.0. The van der Waals surface area contributed by atoms with Crippen molar-refractivity contribution in [3.05, 3.63) is 35.4 Å². The third-order valence-electron chi connectivity index (χ3n) is 4.56. The summed E-state index contributed by atoms with van der Waals surface area (Å²) in [6.07, 6.45) is -1.35. The lowest BCUT2D eigenvalue weighted by atomic mass is 9.67. The van der Waals surface area contributed by atoms with Gasteiger partial charge in [-0.1, -0.05) is 19.1 Å². The van der Waals surface area contributed by atoms with E-state index in [1.807, 2.05) is 0 Å². The van der Waals surface area contributed by atoms with Crippen molar-refractivity contribution >= 4 is 5.78 Å². The fraction of sp³-hybridized carbons (Fsp3) is 0.562. The molecular formula is C16H20F3NO. The summed E-state index contributed by atoms with van der Waals surface area (Å²) >= 11 is 0. The molecule has 2 N–H and O–H groups in total. The summed E-state index contributed by atoms with van der Waals surface area (Å²) in [5.41, 5.74) is 4.43. The first-order chi connectivity index (χ1) is 9.78. The van der Waals surface area contributed by atoms with Crippen molar-refractivity contribution in [3.63, 3.8) is 0 Å². The monoisotopic (exact) mass is 299 g/mol. The molecule has 1 aromatic rings. The van der Waals surface area contributed by atoms with Gasteiger partial charge in [0.25, 0.3) is 0 Å². The largest absolute Gasteiger partial charge is 0.416 e. The maximum absolute atomic E-state index is 12.8. The van der Waals surface area contributed by atoms with Gasteiger partial charge in [0.2, 0.25) is 0 Å². The number of benzene rings is 1. The van der Waals surface area contributed by atoms with Gasteiger partial charge in [-0.2, -0.15) is 13.2 Å². The maximum atomic E-state index is 12.8. The summed E-state index contributed by atoms with van der Waals surface area (Å²) < 4.78 is 38.3. The van der Waals surface area contributed by atoms with Crippen LogP contribution < -0.4 is 5.73 Å². The number of rotatable bonds is 3. The SMILES string of the molecule is CC1CCC(CN)(C(=O)c2cccc(C(F)(F)F)c2)CC1. The molecule has 0 unspecified atom stereocenters. The number of ketones is 1. The summed E-state index contributed by atoms with van der Waals surface area (Å²) in [5.74, 6) is 0.294. The normalized spacial score (nSPS) is 26.6. The van der Waals surface area contributed by atoms with Crippen LogP contribution in [0.2, 0.25) is 0 Å². The molecule has 1 aliphatic carbocycles. The van der Waals surface area contributed by atoms with Crippen LogP contribution in [0.3, 0.4) is 0 Å². The molecule has 0 aromatic heterocycles. The average Bonchev–Trinajstić information content (AvgIpc) is 2.47. The molecule has 0 spiro atoms. The number of nitrogens with two attached hydrogens (primary N) is 1. The molecule has 0 aliphatic heterocycles. The van der Waals surface area contributed by atoms with Crippen molar-refractivity contribution in [2.75, 3.05) is 6.54 Å². The minimum Gasteiger partial charge on any atom is -0.329 e. The van der Waals surface area contributed by atoms with Crippen LogP contribution in [-0.4, -0.2) is 12.3 Å². The Morgan fingerprint density at radius 3 is 2.48 bits per heavy atom. The molecule has 1 fully saturated rings. The lowest BCUT2D eigenvalue weighted by molar-refractivity contribution is -0.137. The Balaban J connectivity index is 2.30. The van der Waals surface area contributed by atoms with Gasteiger partial charge in [0.1, 0.15) is 0 Å². The van der Waals surface area contributed by atoms with E-state index < -0.39 is 17.2 Å². The molecule has 0 atom stereocenters. The summed E-state index contributed by atoms with van der Waals surface area (Å²) in [4.78, 5) is 12.7. The van der Waals surface area contributed by atoms with Crippen LogP contribution >= 0.6 is 0 Å². The fourth-order valence-electron chi connectivity index (χ4n) is 2.98. The van der Waals surface area contributed by atoms with Crippen molar-refractivity contribution in [1.29, 1.82) is 0 Å². The van der Waals surface area contributed by atoms with E-state index in [0.29, 0.717) is 18.8 Å². The molecule has 0 bridgehead atoms. The van der Waals surface area contributed by atoms with Crippen LogP contribution in [0.4, 0.5) is 13.2 Å². The predicted molar refractivity (Wildman–Crippen MR) is 74.9 cm³/mol. The van der Waals surface area contributed by atoms with Crippen molar-refractivity contribution in [2.24, 2.45) is 17.1 Å². The highest BCUT2D eigenvalue weighted by molar-refractivity contribution is 6.01. The van der Waals surface area contributed by atoms with Crippen molar-refractivity contribution in [2.45, 2.75) is 38.8 Å². The number of carbonyl (C=O) groups is 1. The second-order valence-electron chi connectivity index (χ2n) is 6.07. The Morgan fingerprint density at radius 1 is 1.33 bits per heavy atom. The lowest BCUT2D eigenvalue weighted by Gasteiger charge is -2.37. The third kappa shape index (κ3) is 3.28. The van der Waals surface area contributed by atoms with Crippen molar-refractivity contribution < 1.29 is 18.0 Å². The number of carbonyl (C=O) groups excluding carboxylic acids is 1. The highest BCUT2D eigenvalue weighted by Gasteiger charge is 2.41. The Hall–Kier alpha value is -1.36. The molecule has 0 heterocycles. The molecule has 116 valence electrons. The highest BCUT2D eigenvalue weighted by Crippen LogP contribution is 2.41. The number of alkyl halides is 3. The zero-order chi connectivity index (χ0) is 15.7. The van der Waals surface area contributed by atoms with Crippen LogP contribution in [0.1, 0.15) is 48.5 Å². The van der Waals surface area contributed by atoms with Crippen molar-refractivity contribution in [1.82, 2.24) is 0 Å². The first kappa shape index (κ1) is 16.0. The average molecular weight is 299 g/mol. The summed E-state index contributed by atoms with van der Waals surface area (Å²) in [5, 5.41) is 0. The van der Waals surface area contributed by atoms with Crippen LogP contribution in [0.25, 0.3) is 0 Å². The Labute approximate surface area is 122 Å². The van der Waals surface area contributed by atoms with E-state index in [-0.39, 0.29) is 17.9 Å². The molecule has 0 saturated heterocycles.